The number of likely N-dealkylation sites (N-methyl/N-ethyl adjacent to an activating group) is 1. The molecule has 4 heteroatoms. The molecule has 0 aromatic heterocycles. The van der Waals surface area contributed by atoms with Crippen molar-refractivity contribution in [3.05, 3.63) is 24.3 Å². The second kappa shape index (κ2) is 5.11. The van der Waals surface area contributed by atoms with Gasteiger partial charge in [0.1, 0.15) is 6.04 Å². The highest BCUT2D eigenvalue weighted by Gasteiger charge is 2.30. The minimum atomic E-state index is -0.152. The molecule has 3 rings (SSSR count). The largest absolute Gasteiger partial charge is 0.381 e. The number of amides is 1. The minimum absolute atomic E-state index is 0.152. The number of carbonyl (C=O) groups is 1. The predicted molar refractivity (Wildman–Crippen MR) is 77.4 cm³/mol. The van der Waals surface area contributed by atoms with Crippen LogP contribution in [0.5, 0.6) is 0 Å². The van der Waals surface area contributed by atoms with E-state index in [0.717, 1.165) is 24.2 Å². The van der Waals surface area contributed by atoms with Crippen LogP contribution in [-0.2, 0) is 4.79 Å². The molecule has 2 aliphatic rings. The van der Waals surface area contributed by atoms with Crippen LogP contribution in [0.25, 0.3) is 0 Å². The van der Waals surface area contributed by atoms with Gasteiger partial charge in [-0.15, -0.1) is 0 Å². The van der Waals surface area contributed by atoms with Gasteiger partial charge in [0.15, 0.2) is 0 Å². The summed E-state index contributed by atoms with van der Waals surface area (Å²) in [6.45, 7) is 0.660. The molecule has 1 atom stereocenters. The Balaban J connectivity index is 1.68. The highest BCUT2D eigenvalue weighted by atomic mass is 16.2. The number of para-hydroxylation sites is 2. The summed E-state index contributed by atoms with van der Waals surface area (Å²) in [5.41, 5.74) is 2.10. The van der Waals surface area contributed by atoms with E-state index < -0.39 is 0 Å². The molecule has 0 bridgehead atoms. The average molecular weight is 259 g/mol. The standard InChI is InChI=1S/C15H21N3O/c1-18(11-6-2-3-7-11)15(19)14-10-16-12-8-4-5-9-13(12)17-14/h4-5,8-9,11,14,16-17H,2-3,6-7,10H2,1H3. The Morgan fingerprint density at radius 1 is 1.21 bits per heavy atom. The molecule has 1 amide bonds. The Kier molecular flexibility index (Phi) is 3.32. The summed E-state index contributed by atoms with van der Waals surface area (Å²) in [5, 5.41) is 6.68. The molecular weight excluding hydrogens is 238 g/mol. The zero-order chi connectivity index (χ0) is 13.2. The summed E-state index contributed by atoms with van der Waals surface area (Å²) in [6, 6.07) is 8.31. The van der Waals surface area contributed by atoms with Gasteiger partial charge >= 0.3 is 0 Å². The molecule has 1 aromatic carbocycles. The van der Waals surface area contributed by atoms with Crippen LogP contribution in [0.4, 0.5) is 11.4 Å². The van der Waals surface area contributed by atoms with Crippen LogP contribution in [0, 0.1) is 0 Å². The maximum atomic E-state index is 12.5. The van der Waals surface area contributed by atoms with E-state index in [2.05, 4.69) is 10.6 Å². The number of anilines is 2. The van der Waals surface area contributed by atoms with E-state index in [9.17, 15) is 4.79 Å². The van der Waals surface area contributed by atoms with Gasteiger partial charge in [-0.25, -0.2) is 0 Å². The highest BCUT2D eigenvalue weighted by molar-refractivity contribution is 5.88. The second-order valence-electron chi connectivity index (χ2n) is 5.51. The van der Waals surface area contributed by atoms with Crippen molar-refractivity contribution in [1.29, 1.82) is 0 Å². The summed E-state index contributed by atoms with van der Waals surface area (Å²) >= 11 is 0. The number of hydrogen-bond acceptors (Lipinski definition) is 3. The monoisotopic (exact) mass is 259 g/mol. The number of nitrogens with zero attached hydrogens (tertiary/aromatic N) is 1. The van der Waals surface area contributed by atoms with Crippen molar-refractivity contribution in [3.63, 3.8) is 0 Å². The number of benzene rings is 1. The van der Waals surface area contributed by atoms with E-state index in [4.69, 9.17) is 0 Å². The molecule has 1 aliphatic carbocycles. The van der Waals surface area contributed by atoms with Crippen LogP contribution in [0.3, 0.4) is 0 Å². The zero-order valence-corrected chi connectivity index (χ0v) is 11.4. The van der Waals surface area contributed by atoms with Gasteiger partial charge in [-0.05, 0) is 25.0 Å². The lowest BCUT2D eigenvalue weighted by atomic mass is 10.1. The fourth-order valence-electron chi connectivity index (χ4n) is 3.08. The summed E-state index contributed by atoms with van der Waals surface area (Å²) in [5.74, 6) is 0.203. The number of carbonyl (C=O) groups excluding carboxylic acids is 1. The Hall–Kier alpha value is -1.71. The first-order valence-corrected chi connectivity index (χ1v) is 7.12. The van der Waals surface area contributed by atoms with Crippen molar-refractivity contribution < 1.29 is 4.79 Å². The normalized spacial score (nSPS) is 22.3. The predicted octanol–water partition coefficient (Wildman–Crippen LogP) is 2.29. The van der Waals surface area contributed by atoms with E-state index in [0.29, 0.717) is 12.6 Å². The topological polar surface area (TPSA) is 44.4 Å². The van der Waals surface area contributed by atoms with Crippen molar-refractivity contribution >= 4 is 17.3 Å². The first kappa shape index (κ1) is 12.3. The first-order chi connectivity index (χ1) is 9.25. The van der Waals surface area contributed by atoms with Crippen molar-refractivity contribution in [3.8, 4) is 0 Å². The van der Waals surface area contributed by atoms with E-state index in [1.165, 1.54) is 12.8 Å². The van der Waals surface area contributed by atoms with E-state index >= 15 is 0 Å². The van der Waals surface area contributed by atoms with Crippen molar-refractivity contribution in [2.75, 3.05) is 24.2 Å². The van der Waals surface area contributed by atoms with Crippen molar-refractivity contribution in [2.24, 2.45) is 0 Å². The maximum absolute atomic E-state index is 12.5. The molecule has 0 saturated heterocycles. The van der Waals surface area contributed by atoms with Gasteiger partial charge in [-0.1, -0.05) is 25.0 Å². The number of fused-ring (bicyclic) bond motifs is 1. The second-order valence-corrected chi connectivity index (χ2v) is 5.51. The lowest BCUT2D eigenvalue weighted by molar-refractivity contribution is -0.132. The lowest BCUT2D eigenvalue weighted by Crippen LogP contribution is -2.49. The van der Waals surface area contributed by atoms with Gasteiger partial charge in [0.2, 0.25) is 5.91 Å². The van der Waals surface area contributed by atoms with E-state index in [1.807, 2.05) is 36.2 Å². The highest BCUT2D eigenvalue weighted by Crippen LogP contribution is 2.27. The Bertz CT molecular complexity index is 468. The quantitative estimate of drug-likeness (QED) is 0.856. The molecule has 1 aromatic rings. The van der Waals surface area contributed by atoms with E-state index in [1.54, 1.807) is 0 Å². The molecule has 2 N–H and O–H groups in total. The van der Waals surface area contributed by atoms with Crippen molar-refractivity contribution in [2.45, 2.75) is 37.8 Å². The van der Waals surface area contributed by atoms with Gasteiger partial charge in [0.25, 0.3) is 0 Å². The van der Waals surface area contributed by atoms with Gasteiger partial charge in [0.05, 0.1) is 11.4 Å². The molecule has 19 heavy (non-hydrogen) atoms. The third-order valence-corrected chi connectivity index (χ3v) is 4.27. The van der Waals surface area contributed by atoms with Crippen molar-refractivity contribution in [1.82, 2.24) is 4.90 Å². The van der Waals surface area contributed by atoms with Crippen LogP contribution in [0.15, 0.2) is 24.3 Å². The third kappa shape index (κ3) is 2.39. The summed E-state index contributed by atoms with van der Waals surface area (Å²) < 4.78 is 0. The molecule has 4 nitrogen and oxygen atoms in total. The maximum Gasteiger partial charge on any atom is 0.246 e. The first-order valence-electron chi connectivity index (χ1n) is 7.12. The summed E-state index contributed by atoms with van der Waals surface area (Å²) in [6.07, 6.45) is 4.81. The lowest BCUT2D eigenvalue weighted by Gasteiger charge is -2.33. The smallest absolute Gasteiger partial charge is 0.246 e. The SMILES string of the molecule is CN(C(=O)C1CNc2ccccc2N1)C1CCCC1. The summed E-state index contributed by atoms with van der Waals surface area (Å²) in [4.78, 5) is 14.5. The van der Waals surface area contributed by atoms with Gasteiger partial charge in [0, 0.05) is 19.6 Å². The van der Waals surface area contributed by atoms with Crippen LogP contribution < -0.4 is 10.6 Å². The number of hydrogen-bond donors (Lipinski definition) is 2. The molecule has 1 saturated carbocycles. The van der Waals surface area contributed by atoms with Gasteiger partial charge < -0.3 is 15.5 Å². The van der Waals surface area contributed by atoms with Crippen LogP contribution >= 0.6 is 0 Å². The Labute approximate surface area is 114 Å². The van der Waals surface area contributed by atoms with E-state index in [-0.39, 0.29) is 11.9 Å². The number of nitrogens with one attached hydrogen (secondary N) is 2. The fraction of sp³-hybridized carbons (Fsp3) is 0.533. The van der Waals surface area contributed by atoms with Gasteiger partial charge in [-0.2, -0.15) is 0 Å². The Morgan fingerprint density at radius 2 is 1.89 bits per heavy atom. The molecule has 1 aliphatic heterocycles. The molecule has 1 heterocycles. The zero-order valence-electron chi connectivity index (χ0n) is 11.4. The molecule has 1 fully saturated rings. The molecule has 102 valence electrons. The fourth-order valence-corrected chi connectivity index (χ4v) is 3.08. The molecular formula is C15H21N3O. The molecule has 0 spiro atoms. The van der Waals surface area contributed by atoms with Crippen LogP contribution in [0.1, 0.15) is 25.7 Å². The van der Waals surface area contributed by atoms with Crippen LogP contribution in [0.2, 0.25) is 0 Å². The van der Waals surface area contributed by atoms with Gasteiger partial charge in [-0.3, -0.25) is 4.79 Å². The Morgan fingerprint density at radius 3 is 2.63 bits per heavy atom. The average Bonchev–Trinajstić information content (AvgIpc) is 2.99. The molecule has 0 radical (unpaired) electrons. The number of rotatable bonds is 2. The van der Waals surface area contributed by atoms with Crippen LogP contribution in [-0.4, -0.2) is 36.5 Å². The summed E-state index contributed by atoms with van der Waals surface area (Å²) in [7, 11) is 1.94. The minimum Gasteiger partial charge on any atom is -0.381 e. The third-order valence-electron chi connectivity index (χ3n) is 4.27. The molecule has 1 unspecified atom stereocenters.